The van der Waals surface area contributed by atoms with Gasteiger partial charge in [-0.3, -0.25) is 0 Å². The molecule has 0 aromatic heterocycles. The highest BCUT2D eigenvalue weighted by Gasteiger charge is 2.07. The van der Waals surface area contributed by atoms with E-state index >= 15 is 0 Å². The van der Waals surface area contributed by atoms with Crippen molar-refractivity contribution in [2.45, 2.75) is 13.1 Å². The second kappa shape index (κ2) is 7.31. The van der Waals surface area contributed by atoms with Gasteiger partial charge in [0.2, 0.25) is 0 Å². The summed E-state index contributed by atoms with van der Waals surface area (Å²) >= 11 is 3.57. The molecule has 0 atom stereocenters. The standard InChI is InChI=1S/C16H18BrNO2/c1-19-14-8-7-13(16(9-14)20-2)11-18-10-12-5-3-4-6-15(12)17/h3-9,18H,10-11H2,1-2H3/p+1. The van der Waals surface area contributed by atoms with Gasteiger partial charge >= 0.3 is 0 Å². The Morgan fingerprint density at radius 2 is 1.70 bits per heavy atom. The van der Waals surface area contributed by atoms with Crippen LogP contribution < -0.4 is 14.8 Å². The summed E-state index contributed by atoms with van der Waals surface area (Å²) in [6.45, 7) is 1.80. The molecule has 0 radical (unpaired) electrons. The molecule has 0 aliphatic heterocycles. The Balaban J connectivity index is 1.99. The summed E-state index contributed by atoms with van der Waals surface area (Å²) in [5.74, 6) is 1.68. The third-order valence-electron chi connectivity index (χ3n) is 3.18. The molecule has 4 heteroatoms. The number of halogens is 1. The molecule has 106 valence electrons. The summed E-state index contributed by atoms with van der Waals surface area (Å²) < 4.78 is 11.8. The van der Waals surface area contributed by atoms with Crippen molar-refractivity contribution >= 4 is 15.9 Å². The van der Waals surface area contributed by atoms with Crippen LogP contribution in [0.4, 0.5) is 0 Å². The first-order chi connectivity index (χ1) is 9.74. The fourth-order valence-corrected chi connectivity index (χ4v) is 2.51. The second-order valence-corrected chi connectivity index (χ2v) is 5.32. The van der Waals surface area contributed by atoms with E-state index in [1.807, 2.05) is 24.3 Å². The monoisotopic (exact) mass is 336 g/mol. The summed E-state index contributed by atoms with van der Waals surface area (Å²) in [5, 5.41) is 2.25. The highest BCUT2D eigenvalue weighted by molar-refractivity contribution is 9.10. The number of hydrogen-bond acceptors (Lipinski definition) is 2. The SMILES string of the molecule is COc1ccc(C[NH2+]Cc2ccccc2Br)c(OC)c1. The highest BCUT2D eigenvalue weighted by Crippen LogP contribution is 2.23. The summed E-state index contributed by atoms with van der Waals surface area (Å²) in [6, 6.07) is 14.2. The summed E-state index contributed by atoms with van der Waals surface area (Å²) in [5.41, 5.74) is 2.46. The molecule has 0 bridgehead atoms. The van der Waals surface area contributed by atoms with E-state index in [2.05, 4.69) is 39.4 Å². The lowest BCUT2D eigenvalue weighted by Gasteiger charge is -2.10. The number of rotatable bonds is 6. The van der Waals surface area contributed by atoms with Gasteiger partial charge in [0.1, 0.15) is 24.6 Å². The Morgan fingerprint density at radius 1 is 0.950 bits per heavy atom. The van der Waals surface area contributed by atoms with Crippen molar-refractivity contribution in [3.8, 4) is 11.5 Å². The van der Waals surface area contributed by atoms with Gasteiger partial charge in [0.15, 0.2) is 0 Å². The second-order valence-electron chi connectivity index (χ2n) is 4.47. The van der Waals surface area contributed by atoms with Crippen LogP contribution in [0.3, 0.4) is 0 Å². The smallest absolute Gasteiger partial charge is 0.131 e. The average molecular weight is 337 g/mol. The predicted molar refractivity (Wildman–Crippen MR) is 83.0 cm³/mol. The normalized spacial score (nSPS) is 10.3. The zero-order valence-electron chi connectivity index (χ0n) is 11.7. The van der Waals surface area contributed by atoms with Gasteiger partial charge in [-0.25, -0.2) is 0 Å². The Morgan fingerprint density at radius 3 is 2.40 bits per heavy atom. The minimum absolute atomic E-state index is 0.816. The predicted octanol–water partition coefficient (Wildman–Crippen LogP) is 2.73. The topological polar surface area (TPSA) is 35.1 Å². The molecule has 2 aromatic carbocycles. The molecule has 0 aliphatic rings. The number of methoxy groups -OCH3 is 2. The maximum absolute atomic E-state index is 5.41. The van der Waals surface area contributed by atoms with Crippen LogP contribution in [0.5, 0.6) is 11.5 Å². The van der Waals surface area contributed by atoms with Crippen molar-refractivity contribution in [2.24, 2.45) is 0 Å². The van der Waals surface area contributed by atoms with Crippen molar-refractivity contribution in [3.63, 3.8) is 0 Å². The zero-order valence-corrected chi connectivity index (χ0v) is 13.3. The van der Waals surface area contributed by atoms with Gasteiger partial charge in [-0.2, -0.15) is 0 Å². The molecule has 0 amide bonds. The van der Waals surface area contributed by atoms with E-state index in [-0.39, 0.29) is 0 Å². The van der Waals surface area contributed by atoms with Gasteiger partial charge < -0.3 is 14.8 Å². The molecule has 2 N–H and O–H groups in total. The molecule has 20 heavy (non-hydrogen) atoms. The molecule has 0 spiro atoms. The Kier molecular flexibility index (Phi) is 5.44. The molecule has 0 saturated carbocycles. The lowest BCUT2D eigenvalue weighted by atomic mass is 10.1. The first-order valence-electron chi connectivity index (χ1n) is 6.50. The Labute approximate surface area is 128 Å². The van der Waals surface area contributed by atoms with E-state index in [0.29, 0.717) is 0 Å². The quantitative estimate of drug-likeness (QED) is 0.880. The number of quaternary nitrogens is 1. The maximum atomic E-state index is 5.41. The average Bonchev–Trinajstić information content (AvgIpc) is 2.49. The largest absolute Gasteiger partial charge is 0.497 e. The summed E-state index contributed by atoms with van der Waals surface area (Å²) in [4.78, 5) is 0. The van der Waals surface area contributed by atoms with Crippen LogP contribution in [0.25, 0.3) is 0 Å². The van der Waals surface area contributed by atoms with Crippen LogP contribution >= 0.6 is 15.9 Å². The fraction of sp³-hybridized carbons (Fsp3) is 0.250. The third-order valence-corrected chi connectivity index (χ3v) is 3.95. The Bertz CT molecular complexity index is 572. The van der Waals surface area contributed by atoms with E-state index in [1.165, 1.54) is 11.1 Å². The molecule has 3 nitrogen and oxygen atoms in total. The number of benzene rings is 2. The zero-order chi connectivity index (χ0) is 14.4. The highest BCUT2D eigenvalue weighted by atomic mass is 79.9. The number of hydrogen-bond donors (Lipinski definition) is 1. The minimum Gasteiger partial charge on any atom is -0.497 e. The first kappa shape index (κ1) is 14.9. The van der Waals surface area contributed by atoms with Crippen molar-refractivity contribution in [3.05, 3.63) is 58.1 Å². The van der Waals surface area contributed by atoms with Gasteiger partial charge in [0, 0.05) is 21.7 Å². The molecular formula is C16H19BrNO2+. The minimum atomic E-state index is 0.816. The van der Waals surface area contributed by atoms with E-state index in [4.69, 9.17) is 9.47 Å². The van der Waals surface area contributed by atoms with E-state index in [9.17, 15) is 0 Å². The molecule has 0 aliphatic carbocycles. The van der Waals surface area contributed by atoms with Gasteiger partial charge in [0.05, 0.1) is 14.2 Å². The van der Waals surface area contributed by atoms with Crippen molar-refractivity contribution < 1.29 is 14.8 Å². The lowest BCUT2D eigenvalue weighted by Crippen LogP contribution is -2.80. The fourth-order valence-electron chi connectivity index (χ4n) is 2.07. The molecule has 2 rings (SSSR count). The van der Waals surface area contributed by atoms with Gasteiger partial charge in [0.25, 0.3) is 0 Å². The van der Waals surface area contributed by atoms with Crippen molar-refractivity contribution in [2.75, 3.05) is 14.2 Å². The van der Waals surface area contributed by atoms with E-state index < -0.39 is 0 Å². The molecule has 0 heterocycles. The number of ether oxygens (including phenoxy) is 2. The summed E-state index contributed by atoms with van der Waals surface area (Å²) in [6.07, 6.45) is 0. The van der Waals surface area contributed by atoms with Crippen LogP contribution in [0, 0.1) is 0 Å². The Hall–Kier alpha value is -1.52. The van der Waals surface area contributed by atoms with Crippen molar-refractivity contribution in [1.29, 1.82) is 0 Å². The number of nitrogens with two attached hydrogens (primary N) is 1. The van der Waals surface area contributed by atoms with Gasteiger partial charge in [-0.05, 0) is 18.2 Å². The van der Waals surface area contributed by atoms with Crippen LogP contribution in [0.2, 0.25) is 0 Å². The molecule has 0 unspecified atom stereocenters. The summed E-state index contributed by atoms with van der Waals surface area (Å²) in [7, 11) is 3.35. The molecule has 2 aromatic rings. The molecule has 0 fully saturated rings. The van der Waals surface area contributed by atoms with Crippen molar-refractivity contribution in [1.82, 2.24) is 0 Å². The van der Waals surface area contributed by atoms with Crippen LogP contribution in [0.15, 0.2) is 46.9 Å². The lowest BCUT2D eigenvalue weighted by molar-refractivity contribution is -0.686. The maximum Gasteiger partial charge on any atom is 0.131 e. The third kappa shape index (κ3) is 3.74. The molecular weight excluding hydrogens is 318 g/mol. The van der Waals surface area contributed by atoms with Crippen LogP contribution in [-0.4, -0.2) is 14.2 Å². The van der Waals surface area contributed by atoms with Gasteiger partial charge in [-0.15, -0.1) is 0 Å². The molecule has 0 saturated heterocycles. The van der Waals surface area contributed by atoms with Gasteiger partial charge in [-0.1, -0.05) is 34.1 Å². The first-order valence-corrected chi connectivity index (χ1v) is 7.30. The van der Waals surface area contributed by atoms with E-state index in [1.54, 1.807) is 14.2 Å². The van der Waals surface area contributed by atoms with Crippen LogP contribution in [-0.2, 0) is 13.1 Å². The van der Waals surface area contributed by atoms with Crippen LogP contribution in [0.1, 0.15) is 11.1 Å². The van der Waals surface area contributed by atoms with E-state index in [0.717, 1.165) is 29.1 Å².